The number of methoxy groups -OCH3 is 1. The van der Waals surface area contributed by atoms with Gasteiger partial charge >= 0.3 is 5.97 Å². The van der Waals surface area contributed by atoms with E-state index in [1.54, 1.807) is 50.2 Å². The summed E-state index contributed by atoms with van der Waals surface area (Å²) in [6.07, 6.45) is 1.39. The molecule has 3 rings (SSSR count). The Bertz CT molecular complexity index is 1030. The van der Waals surface area contributed by atoms with E-state index in [0.717, 1.165) is 0 Å². The van der Waals surface area contributed by atoms with E-state index in [-0.39, 0.29) is 5.69 Å². The lowest BCUT2D eigenvalue weighted by molar-refractivity contribution is 0.0599. The van der Waals surface area contributed by atoms with E-state index < -0.39 is 17.7 Å². The number of para-hydroxylation sites is 1. The maximum atomic E-state index is 14.0. The van der Waals surface area contributed by atoms with Crippen LogP contribution in [0.3, 0.4) is 0 Å². The molecule has 1 aromatic heterocycles. The molecule has 0 fully saturated rings. The third kappa shape index (κ3) is 3.44. The second kappa shape index (κ2) is 7.41. The van der Waals surface area contributed by atoms with Crippen LogP contribution in [0.25, 0.3) is 5.69 Å². The molecular formula is C20H18FN3O3. The Labute approximate surface area is 155 Å². The summed E-state index contributed by atoms with van der Waals surface area (Å²) >= 11 is 0. The largest absolute Gasteiger partial charge is 0.465 e. The van der Waals surface area contributed by atoms with E-state index in [1.165, 1.54) is 24.1 Å². The zero-order valence-electron chi connectivity index (χ0n) is 15.1. The van der Waals surface area contributed by atoms with Crippen LogP contribution in [-0.2, 0) is 4.74 Å². The van der Waals surface area contributed by atoms with Gasteiger partial charge in [0.25, 0.3) is 5.91 Å². The SMILES string of the molecule is COC(=O)c1cccc(NC(=O)c2cnn(-c3ccccc3F)c2C)c1C. The highest BCUT2D eigenvalue weighted by molar-refractivity contribution is 6.06. The summed E-state index contributed by atoms with van der Waals surface area (Å²) in [5.41, 5.74) is 2.52. The van der Waals surface area contributed by atoms with Gasteiger partial charge in [0.15, 0.2) is 0 Å². The van der Waals surface area contributed by atoms with E-state index in [0.29, 0.717) is 28.1 Å². The van der Waals surface area contributed by atoms with Gasteiger partial charge in [-0.3, -0.25) is 4.79 Å². The average Bonchev–Trinajstić information content (AvgIpc) is 3.04. The van der Waals surface area contributed by atoms with E-state index >= 15 is 0 Å². The minimum atomic E-state index is -0.479. The molecule has 0 saturated heterocycles. The fourth-order valence-corrected chi connectivity index (χ4v) is 2.79. The van der Waals surface area contributed by atoms with Crippen LogP contribution in [0.15, 0.2) is 48.7 Å². The van der Waals surface area contributed by atoms with Crippen LogP contribution in [0.4, 0.5) is 10.1 Å². The van der Waals surface area contributed by atoms with Gasteiger partial charge in [-0.2, -0.15) is 5.10 Å². The van der Waals surface area contributed by atoms with Crippen molar-refractivity contribution in [1.29, 1.82) is 0 Å². The molecule has 0 aliphatic heterocycles. The molecular weight excluding hydrogens is 349 g/mol. The minimum Gasteiger partial charge on any atom is -0.465 e. The number of hydrogen-bond donors (Lipinski definition) is 1. The molecule has 0 aliphatic carbocycles. The first-order valence-electron chi connectivity index (χ1n) is 8.23. The van der Waals surface area contributed by atoms with Crippen molar-refractivity contribution < 1.29 is 18.7 Å². The summed E-state index contributed by atoms with van der Waals surface area (Å²) in [7, 11) is 1.30. The third-order valence-corrected chi connectivity index (χ3v) is 4.32. The van der Waals surface area contributed by atoms with Crippen molar-refractivity contribution in [3.05, 3.63) is 76.9 Å². The Balaban J connectivity index is 1.91. The van der Waals surface area contributed by atoms with Gasteiger partial charge in [0, 0.05) is 5.69 Å². The number of amides is 1. The summed E-state index contributed by atoms with van der Waals surface area (Å²) in [4.78, 5) is 24.5. The van der Waals surface area contributed by atoms with Gasteiger partial charge in [0.2, 0.25) is 0 Å². The molecule has 0 aliphatic rings. The smallest absolute Gasteiger partial charge is 0.338 e. The maximum Gasteiger partial charge on any atom is 0.338 e. The lowest BCUT2D eigenvalue weighted by Crippen LogP contribution is -2.15. The number of nitrogens with one attached hydrogen (secondary N) is 1. The van der Waals surface area contributed by atoms with Gasteiger partial charge in [-0.1, -0.05) is 18.2 Å². The predicted octanol–water partition coefficient (Wildman–Crippen LogP) is 3.67. The molecule has 3 aromatic rings. The molecule has 1 heterocycles. The van der Waals surface area contributed by atoms with Crippen LogP contribution >= 0.6 is 0 Å². The minimum absolute atomic E-state index is 0.262. The second-order valence-electron chi connectivity index (χ2n) is 5.93. The number of carbonyl (C=O) groups is 2. The zero-order valence-corrected chi connectivity index (χ0v) is 15.1. The number of nitrogens with zero attached hydrogens (tertiary/aromatic N) is 2. The molecule has 1 amide bonds. The fourth-order valence-electron chi connectivity index (χ4n) is 2.79. The average molecular weight is 367 g/mol. The number of halogens is 1. The van der Waals surface area contributed by atoms with Crippen LogP contribution in [0.5, 0.6) is 0 Å². The molecule has 0 bridgehead atoms. The highest BCUT2D eigenvalue weighted by Gasteiger charge is 2.19. The van der Waals surface area contributed by atoms with Crippen molar-refractivity contribution in [2.45, 2.75) is 13.8 Å². The highest BCUT2D eigenvalue weighted by Crippen LogP contribution is 2.22. The first-order chi connectivity index (χ1) is 12.9. The molecule has 27 heavy (non-hydrogen) atoms. The number of esters is 1. The van der Waals surface area contributed by atoms with Crippen LogP contribution < -0.4 is 5.32 Å². The number of ether oxygens (including phenoxy) is 1. The molecule has 7 heteroatoms. The number of anilines is 1. The lowest BCUT2D eigenvalue weighted by atomic mass is 10.1. The Hall–Kier alpha value is -3.48. The molecule has 6 nitrogen and oxygen atoms in total. The van der Waals surface area contributed by atoms with E-state index in [1.807, 2.05) is 0 Å². The van der Waals surface area contributed by atoms with Gasteiger partial charge in [0.1, 0.15) is 11.5 Å². The van der Waals surface area contributed by atoms with Crippen molar-refractivity contribution in [2.24, 2.45) is 0 Å². The van der Waals surface area contributed by atoms with Crippen LogP contribution in [0.1, 0.15) is 32.0 Å². The first-order valence-corrected chi connectivity index (χ1v) is 8.23. The summed E-state index contributed by atoms with van der Waals surface area (Å²) < 4.78 is 20.1. The molecule has 1 N–H and O–H groups in total. The van der Waals surface area contributed by atoms with E-state index in [4.69, 9.17) is 4.74 Å². The molecule has 0 atom stereocenters. The Kier molecular flexibility index (Phi) is 5.03. The number of carbonyl (C=O) groups excluding carboxylic acids is 2. The van der Waals surface area contributed by atoms with Gasteiger partial charge in [-0.25, -0.2) is 13.9 Å². The molecule has 0 radical (unpaired) electrons. The Morgan fingerprint density at radius 3 is 2.52 bits per heavy atom. The Morgan fingerprint density at radius 1 is 1.07 bits per heavy atom. The van der Waals surface area contributed by atoms with Crippen LogP contribution in [-0.4, -0.2) is 28.8 Å². The number of hydrogen-bond acceptors (Lipinski definition) is 4. The number of benzene rings is 2. The molecule has 0 spiro atoms. The summed E-state index contributed by atoms with van der Waals surface area (Å²) in [6, 6.07) is 11.2. The van der Waals surface area contributed by atoms with Gasteiger partial charge in [0.05, 0.1) is 30.1 Å². The van der Waals surface area contributed by atoms with Gasteiger partial charge in [-0.15, -0.1) is 0 Å². The molecule has 0 saturated carbocycles. The van der Waals surface area contributed by atoms with Crippen LogP contribution in [0.2, 0.25) is 0 Å². The van der Waals surface area contributed by atoms with Crippen molar-refractivity contribution in [3.63, 3.8) is 0 Å². The highest BCUT2D eigenvalue weighted by atomic mass is 19.1. The molecule has 0 unspecified atom stereocenters. The molecule has 2 aromatic carbocycles. The van der Waals surface area contributed by atoms with Crippen molar-refractivity contribution in [3.8, 4) is 5.69 Å². The monoisotopic (exact) mass is 367 g/mol. The summed E-state index contributed by atoms with van der Waals surface area (Å²) in [5.74, 6) is -1.32. The third-order valence-electron chi connectivity index (χ3n) is 4.32. The summed E-state index contributed by atoms with van der Waals surface area (Å²) in [5, 5.41) is 6.91. The van der Waals surface area contributed by atoms with Crippen molar-refractivity contribution in [2.75, 3.05) is 12.4 Å². The first kappa shape index (κ1) is 18.3. The summed E-state index contributed by atoms with van der Waals surface area (Å²) in [6.45, 7) is 3.41. The molecule has 138 valence electrons. The number of rotatable bonds is 4. The maximum absolute atomic E-state index is 14.0. The lowest BCUT2D eigenvalue weighted by Gasteiger charge is -2.11. The number of aromatic nitrogens is 2. The standard InChI is InChI=1S/C20H18FN3O3/c1-12-14(20(26)27-3)7-6-9-17(12)23-19(25)15-11-22-24(13(15)2)18-10-5-4-8-16(18)21/h4-11H,1-3H3,(H,23,25). The van der Waals surface area contributed by atoms with Gasteiger partial charge in [-0.05, 0) is 43.7 Å². The fraction of sp³-hybridized carbons (Fsp3) is 0.150. The van der Waals surface area contributed by atoms with Crippen molar-refractivity contribution >= 4 is 17.6 Å². The topological polar surface area (TPSA) is 73.2 Å². The van der Waals surface area contributed by atoms with Crippen molar-refractivity contribution in [1.82, 2.24) is 9.78 Å². The van der Waals surface area contributed by atoms with E-state index in [2.05, 4.69) is 10.4 Å². The second-order valence-corrected chi connectivity index (χ2v) is 5.93. The quantitative estimate of drug-likeness (QED) is 0.714. The van der Waals surface area contributed by atoms with Crippen LogP contribution in [0, 0.1) is 19.7 Å². The normalized spacial score (nSPS) is 10.5. The zero-order chi connectivity index (χ0) is 19.6. The van der Waals surface area contributed by atoms with Gasteiger partial charge < -0.3 is 10.1 Å². The predicted molar refractivity (Wildman–Crippen MR) is 98.7 cm³/mol. The van der Waals surface area contributed by atoms with E-state index in [9.17, 15) is 14.0 Å². The Morgan fingerprint density at radius 2 is 1.81 bits per heavy atom.